The van der Waals surface area contributed by atoms with E-state index in [0.29, 0.717) is 12.8 Å². The molecule has 1 saturated carbocycles. The summed E-state index contributed by atoms with van der Waals surface area (Å²) >= 11 is 0. The zero-order chi connectivity index (χ0) is 19.7. The number of hydrogen-bond acceptors (Lipinski definition) is 4. The van der Waals surface area contributed by atoms with Gasteiger partial charge in [-0.25, -0.2) is 25.9 Å². The van der Waals surface area contributed by atoms with Gasteiger partial charge in [-0.05, 0) is 54.8 Å². The Kier molecular flexibility index (Phi) is 5.42. The number of sulfonamides is 1. The first-order chi connectivity index (χ1) is 12.7. The normalized spacial score (nSPS) is 17.1. The Morgan fingerprint density at radius 3 is 1.93 bits per heavy atom. The van der Waals surface area contributed by atoms with Crippen LogP contribution in [-0.4, -0.2) is 22.6 Å². The fraction of sp³-hybridized carbons (Fsp3) is 0.368. The zero-order valence-corrected chi connectivity index (χ0v) is 16.6. The van der Waals surface area contributed by atoms with Crippen LogP contribution in [0.1, 0.15) is 38.2 Å². The summed E-state index contributed by atoms with van der Waals surface area (Å²) in [6.07, 6.45) is 2.99. The van der Waals surface area contributed by atoms with E-state index in [4.69, 9.17) is 0 Å². The lowest BCUT2D eigenvalue weighted by Gasteiger charge is -2.30. The van der Waals surface area contributed by atoms with Crippen LogP contribution in [0.15, 0.2) is 58.3 Å². The van der Waals surface area contributed by atoms with Gasteiger partial charge in [0.2, 0.25) is 10.0 Å². The van der Waals surface area contributed by atoms with Crippen molar-refractivity contribution in [1.29, 1.82) is 0 Å². The van der Waals surface area contributed by atoms with Crippen LogP contribution in [-0.2, 0) is 25.4 Å². The Hall–Kier alpha value is -1.77. The third-order valence-corrected chi connectivity index (χ3v) is 8.36. The van der Waals surface area contributed by atoms with Crippen LogP contribution in [0.4, 0.5) is 4.39 Å². The van der Waals surface area contributed by atoms with Crippen molar-refractivity contribution in [2.24, 2.45) is 0 Å². The molecule has 0 radical (unpaired) electrons. The van der Waals surface area contributed by atoms with Crippen molar-refractivity contribution in [2.45, 2.75) is 47.9 Å². The fourth-order valence-corrected chi connectivity index (χ4v) is 5.84. The predicted octanol–water partition coefficient (Wildman–Crippen LogP) is 3.37. The van der Waals surface area contributed by atoms with Crippen molar-refractivity contribution in [3.63, 3.8) is 0 Å². The molecule has 3 rings (SSSR count). The van der Waals surface area contributed by atoms with Crippen LogP contribution < -0.4 is 4.72 Å². The van der Waals surface area contributed by atoms with E-state index in [1.807, 2.05) is 0 Å². The molecule has 0 amide bonds. The van der Waals surface area contributed by atoms with E-state index in [1.54, 1.807) is 12.1 Å². The highest BCUT2D eigenvalue weighted by Crippen LogP contribution is 2.40. The van der Waals surface area contributed by atoms with Gasteiger partial charge in [0.05, 0.1) is 21.1 Å². The molecule has 0 unspecified atom stereocenters. The quantitative estimate of drug-likeness (QED) is 0.790. The maximum atomic E-state index is 13.3. The molecule has 27 heavy (non-hydrogen) atoms. The molecule has 0 spiro atoms. The number of sulfone groups is 1. The molecule has 1 fully saturated rings. The zero-order valence-electron chi connectivity index (χ0n) is 15.0. The number of hydrogen-bond donors (Lipinski definition) is 1. The molecule has 1 aliphatic carbocycles. The van der Waals surface area contributed by atoms with Gasteiger partial charge in [-0.1, -0.05) is 31.9 Å². The minimum Gasteiger partial charge on any atom is -0.224 e. The van der Waals surface area contributed by atoms with Gasteiger partial charge in [0, 0.05) is 0 Å². The number of halogens is 1. The van der Waals surface area contributed by atoms with Gasteiger partial charge in [0.25, 0.3) is 0 Å². The molecule has 8 heteroatoms. The van der Waals surface area contributed by atoms with E-state index < -0.39 is 25.4 Å². The molecule has 0 atom stereocenters. The minimum absolute atomic E-state index is 0.00550. The molecule has 2 aromatic carbocycles. The lowest BCUT2D eigenvalue weighted by atomic mass is 9.89. The van der Waals surface area contributed by atoms with Crippen LogP contribution in [0.25, 0.3) is 0 Å². The molecule has 0 aliphatic heterocycles. The summed E-state index contributed by atoms with van der Waals surface area (Å²) in [4.78, 5) is 0.101. The van der Waals surface area contributed by atoms with Gasteiger partial charge >= 0.3 is 0 Å². The molecule has 0 aromatic heterocycles. The summed E-state index contributed by atoms with van der Waals surface area (Å²) in [7, 11) is -7.26. The van der Waals surface area contributed by atoms with Gasteiger partial charge in [-0.2, -0.15) is 0 Å². The first-order valence-electron chi connectivity index (χ1n) is 8.81. The van der Waals surface area contributed by atoms with E-state index >= 15 is 0 Å². The highest BCUT2D eigenvalue weighted by Gasteiger charge is 2.39. The van der Waals surface area contributed by atoms with Crippen molar-refractivity contribution in [1.82, 2.24) is 4.72 Å². The predicted molar refractivity (Wildman–Crippen MR) is 101 cm³/mol. The molecular weight excluding hydrogens is 389 g/mol. The number of benzene rings is 2. The highest BCUT2D eigenvalue weighted by atomic mass is 32.2. The lowest BCUT2D eigenvalue weighted by molar-refractivity contribution is 0.403. The largest absolute Gasteiger partial charge is 0.241 e. The molecule has 0 heterocycles. The first-order valence-corrected chi connectivity index (χ1v) is 11.9. The molecular formula is C19H22FNO4S2. The Labute approximate surface area is 159 Å². The van der Waals surface area contributed by atoms with Crippen LogP contribution in [0.3, 0.4) is 0 Å². The third kappa shape index (κ3) is 4.07. The Balaban J connectivity index is 1.93. The van der Waals surface area contributed by atoms with Crippen molar-refractivity contribution in [3.05, 3.63) is 59.9 Å². The van der Waals surface area contributed by atoms with Crippen molar-refractivity contribution in [2.75, 3.05) is 5.75 Å². The Morgan fingerprint density at radius 1 is 0.889 bits per heavy atom. The molecule has 0 bridgehead atoms. The van der Waals surface area contributed by atoms with Gasteiger partial charge in [0.15, 0.2) is 9.84 Å². The average molecular weight is 412 g/mol. The van der Waals surface area contributed by atoms with E-state index in [9.17, 15) is 21.2 Å². The standard InChI is InChI=1S/C19H22FNO4S2/c1-2-26(22,23)17-9-11-18(12-10-17)27(24,25)21-19(13-3-4-14-19)15-5-7-16(20)8-6-15/h5-12,21H,2-4,13-14H2,1H3. The second-order valence-corrected chi connectivity index (χ2v) is 10.7. The average Bonchev–Trinajstić information content (AvgIpc) is 3.11. The third-order valence-electron chi connectivity index (χ3n) is 5.06. The maximum absolute atomic E-state index is 13.3. The van der Waals surface area contributed by atoms with Crippen LogP contribution in [0, 0.1) is 5.82 Å². The van der Waals surface area contributed by atoms with Crippen molar-refractivity contribution >= 4 is 19.9 Å². The summed E-state index contributed by atoms with van der Waals surface area (Å²) in [6.45, 7) is 1.54. The molecule has 2 aromatic rings. The van der Waals surface area contributed by atoms with E-state index in [-0.39, 0.29) is 21.4 Å². The van der Waals surface area contributed by atoms with Gasteiger partial charge in [-0.15, -0.1) is 0 Å². The Morgan fingerprint density at radius 2 is 1.41 bits per heavy atom. The summed E-state index contributed by atoms with van der Waals surface area (Å²) in [5.74, 6) is -0.423. The van der Waals surface area contributed by atoms with Gasteiger partial charge in [0.1, 0.15) is 5.82 Å². The SMILES string of the molecule is CCS(=O)(=O)c1ccc(S(=O)(=O)NC2(c3ccc(F)cc3)CCCC2)cc1. The summed E-state index contributed by atoms with van der Waals surface area (Å²) in [5, 5.41) is 0. The Bertz CT molecular complexity index is 1010. The van der Waals surface area contributed by atoms with Crippen LogP contribution in [0.5, 0.6) is 0 Å². The lowest BCUT2D eigenvalue weighted by Crippen LogP contribution is -2.43. The summed E-state index contributed by atoms with van der Waals surface area (Å²) in [6, 6.07) is 11.1. The summed E-state index contributed by atoms with van der Waals surface area (Å²) in [5.41, 5.74) is -0.0455. The molecule has 5 nitrogen and oxygen atoms in total. The first kappa shape index (κ1) is 20.0. The second kappa shape index (κ2) is 7.33. The number of rotatable bonds is 6. The highest BCUT2D eigenvalue weighted by molar-refractivity contribution is 7.91. The van der Waals surface area contributed by atoms with Crippen molar-refractivity contribution < 1.29 is 21.2 Å². The smallest absolute Gasteiger partial charge is 0.224 e. The van der Waals surface area contributed by atoms with Gasteiger partial charge < -0.3 is 0 Å². The van der Waals surface area contributed by atoms with Crippen LogP contribution in [0.2, 0.25) is 0 Å². The van der Waals surface area contributed by atoms with E-state index in [2.05, 4.69) is 4.72 Å². The van der Waals surface area contributed by atoms with Crippen molar-refractivity contribution in [3.8, 4) is 0 Å². The minimum atomic E-state index is -3.87. The topological polar surface area (TPSA) is 80.3 Å². The molecule has 1 N–H and O–H groups in total. The van der Waals surface area contributed by atoms with E-state index in [1.165, 1.54) is 43.3 Å². The molecule has 0 saturated heterocycles. The van der Waals surface area contributed by atoms with Crippen LogP contribution >= 0.6 is 0 Å². The van der Waals surface area contributed by atoms with Gasteiger partial charge in [-0.3, -0.25) is 0 Å². The fourth-order valence-electron chi connectivity index (χ4n) is 3.51. The second-order valence-electron chi connectivity index (χ2n) is 6.78. The van der Waals surface area contributed by atoms with E-state index in [0.717, 1.165) is 18.4 Å². The number of nitrogens with one attached hydrogen (secondary N) is 1. The molecule has 1 aliphatic rings. The summed E-state index contributed by atoms with van der Waals surface area (Å²) < 4.78 is 65.7. The maximum Gasteiger partial charge on any atom is 0.241 e. The molecule has 146 valence electrons. The monoisotopic (exact) mass is 411 g/mol.